The molecule has 4 atom stereocenters. The zero-order chi connectivity index (χ0) is 16.0. The number of hydrogen-bond donors (Lipinski definition) is 0. The second-order valence-corrected chi connectivity index (χ2v) is 8.04. The highest BCUT2D eigenvalue weighted by Crippen LogP contribution is 2.59. The summed E-state index contributed by atoms with van der Waals surface area (Å²) in [5.41, 5.74) is 3.03. The van der Waals surface area contributed by atoms with Crippen LogP contribution in [0.15, 0.2) is 18.2 Å². The molecule has 0 amide bonds. The zero-order valence-corrected chi connectivity index (χ0v) is 14.4. The molecule has 1 aromatic carbocycles. The first kappa shape index (κ1) is 15.2. The van der Waals surface area contributed by atoms with Gasteiger partial charge in [0, 0.05) is 11.8 Å². The quantitative estimate of drug-likeness (QED) is 0.793. The average Bonchev–Trinajstić information content (AvgIpc) is 2.88. The largest absolute Gasteiger partial charge is 0.494 e. The third-order valence-electron chi connectivity index (χ3n) is 6.88. The fraction of sp³-hybridized carbons (Fsp3) is 0.667. The van der Waals surface area contributed by atoms with E-state index in [-0.39, 0.29) is 5.41 Å². The summed E-state index contributed by atoms with van der Waals surface area (Å²) in [6.07, 6.45) is 7.68. The van der Waals surface area contributed by atoms with Gasteiger partial charge >= 0.3 is 0 Å². The summed E-state index contributed by atoms with van der Waals surface area (Å²) in [5, 5.41) is 0. The molecule has 2 heteroatoms. The van der Waals surface area contributed by atoms with Crippen LogP contribution < -0.4 is 4.74 Å². The standard InChI is InChI=1S/C21H28O2/c1-3-12-23-15-5-7-16-14(13-15)4-6-18-17(16)10-11-21(2)19(18)8-9-20(21)22/h5,7,13,17-19H,3-4,6,8-12H2,1-2H3. The van der Waals surface area contributed by atoms with Crippen LogP contribution >= 0.6 is 0 Å². The lowest BCUT2D eigenvalue weighted by molar-refractivity contribution is -0.129. The number of ketones is 1. The number of carbonyl (C=O) groups is 1. The topological polar surface area (TPSA) is 26.3 Å². The Hall–Kier alpha value is -1.31. The molecule has 2 nitrogen and oxygen atoms in total. The number of Topliss-reactive ketones (excluding diaryl/α,β-unsaturated/α-hetero) is 1. The van der Waals surface area contributed by atoms with Crippen LogP contribution in [-0.2, 0) is 11.2 Å². The van der Waals surface area contributed by atoms with Crippen LogP contribution in [0.1, 0.15) is 69.4 Å². The Labute approximate surface area is 139 Å². The second-order valence-electron chi connectivity index (χ2n) is 8.04. The molecule has 0 N–H and O–H groups in total. The van der Waals surface area contributed by atoms with Crippen LogP contribution in [0.2, 0.25) is 0 Å². The molecule has 0 spiro atoms. The van der Waals surface area contributed by atoms with E-state index in [4.69, 9.17) is 4.74 Å². The van der Waals surface area contributed by atoms with Gasteiger partial charge in [-0.05, 0) is 79.5 Å². The van der Waals surface area contributed by atoms with Crippen molar-refractivity contribution in [2.24, 2.45) is 17.3 Å². The normalized spacial score (nSPS) is 35.4. The summed E-state index contributed by atoms with van der Waals surface area (Å²) in [4.78, 5) is 12.4. The van der Waals surface area contributed by atoms with Crippen molar-refractivity contribution in [3.05, 3.63) is 29.3 Å². The smallest absolute Gasteiger partial charge is 0.139 e. The van der Waals surface area contributed by atoms with E-state index >= 15 is 0 Å². The number of carbonyl (C=O) groups excluding carboxylic acids is 1. The number of hydrogen-bond acceptors (Lipinski definition) is 2. The average molecular weight is 312 g/mol. The lowest BCUT2D eigenvalue weighted by Gasteiger charge is -2.48. The minimum absolute atomic E-state index is 0.0111. The number of rotatable bonds is 3. The Balaban J connectivity index is 1.61. The van der Waals surface area contributed by atoms with Crippen LogP contribution in [-0.4, -0.2) is 12.4 Å². The molecule has 3 aliphatic carbocycles. The summed E-state index contributed by atoms with van der Waals surface area (Å²) >= 11 is 0. The molecule has 2 saturated carbocycles. The molecule has 0 bridgehead atoms. The summed E-state index contributed by atoms with van der Waals surface area (Å²) in [7, 11) is 0. The maximum atomic E-state index is 12.4. The highest BCUT2D eigenvalue weighted by atomic mass is 16.5. The van der Waals surface area contributed by atoms with Crippen molar-refractivity contribution in [3.8, 4) is 5.75 Å². The van der Waals surface area contributed by atoms with Gasteiger partial charge in [0.05, 0.1) is 6.61 Å². The summed E-state index contributed by atoms with van der Waals surface area (Å²) in [5.74, 6) is 3.58. The molecule has 23 heavy (non-hydrogen) atoms. The maximum Gasteiger partial charge on any atom is 0.139 e. The van der Waals surface area contributed by atoms with Crippen LogP contribution in [0.5, 0.6) is 5.75 Å². The molecule has 3 aliphatic rings. The Morgan fingerprint density at radius 1 is 1.22 bits per heavy atom. The van der Waals surface area contributed by atoms with Crippen LogP contribution in [0.3, 0.4) is 0 Å². The van der Waals surface area contributed by atoms with Gasteiger partial charge in [-0.2, -0.15) is 0 Å². The van der Waals surface area contributed by atoms with Crippen LogP contribution in [0.25, 0.3) is 0 Å². The van der Waals surface area contributed by atoms with Gasteiger partial charge in [-0.25, -0.2) is 0 Å². The first-order valence-electron chi connectivity index (χ1n) is 9.42. The minimum atomic E-state index is -0.0111. The molecular formula is C21H28O2. The number of ether oxygens (including phenoxy) is 1. The highest BCUT2D eigenvalue weighted by molar-refractivity contribution is 5.87. The molecule has 0 aromatic heterocycles. The van der Waals surface area contributed by atoms with E-state index in [0.717, 1.165) is 50.4 Å². The Bertz CT molecular complexity index is 620. The van der Waals surface area contributed by atoms with E-state index in [0.29, 0.717) is 17.6 Å². The van der Waals surface area contributed by atoms with Gasteiger partial charge in [0.2, 0.25) is 0 Å². The third-order valence-corrected chi connectivity index (χ3v) is 6.88. The molecular weight excluding hydrogens is 284 g/mol. The van der Waals surface area contributed by atoms with Gasteiger partial charge in [0.15, 0.2) is 0 Å². The van der Waals surface area contributed by atoms with Gasteiger partial charge < -0.3 is 4.74 Å². The molecule has 2 fully saturated rings. The van der Waals surface area contributed by atoms with Gasteiger partial charge in [0.1, 0.15) is 11.5 Å². The van der Waals surface area contributed by atoms with Gasteiger partial charge in [-0.1, -0.05) is 19.9 Å². The molecule has 4 rings (SSSR count). The van der Waals surface area contributed by atoms with E-state index < -0.39 is 0 Å². The lowest BCUT2D eigenvalue weighted by Crippen LogP contribution is -2.42. The summed E-state index contributed by atoms with van der Waals surface area (Å²) in [6, 6.07) is 6.75. The molecule has 124 valence electrons. The van der Waals surface area contributed by atoms with Crippen molar-refractivity contribution in [1.82, 2.24) is 0 Å². The fourth-order valence-corrected chi connectivity index (χ4v) is 5.64. The lowest BCUT2D eigenvalue weighted by atomic mass is 9.55. The van der Waals surface area contributed by atoms with E-state index in [2.05, 4.69) is 32.0 Å². The SMILES string of the molecule is CCCOc1ccc2c(c1)CCC1C2CCC2(C)C(=O)CCC12. The monoisotopic (exact) mass is 312 g/mol. The van der Waals surface area contributed by atoms with Crippen molar-refractivity contribution in [2.45, 2.75) is 64.7 Å². The molecule has 1 aromatic rings. The summed E-state index contributed by atoms with van der Waals surface area (Å²) < 4.78 is 5.81. The Morgan fingerprint density at radius 2 is 2.09 bits per heavy atom. The van der Waals surface area contributed by atoms with E-state index in [1.54, 1.807) is 5.56 Å². The maximum absolute atomic E-state index is 12.4. The minimum Gasteiger partial charge on any atom is -0.494 e. The first-order valence-corrected chi connectivity index (χ1v) is 9.42. The molecule has 0 saturated heterocycles. The third kappa shape index (κ3) is 2.33. The highest BCUT2D eigenvalue weighted by Gasteiger charge is 2.54. The van der Waals surface area contributed by atoms with Crippen molar-refractivity contribution in [3.63, 3.8) is 0 Å². The predicted octanol–water partition coefficient (Wildman–Crippen LogP) is 4.90. The van der Waals surface area contributed by atoms with Gasteiger partial charge in [0.25, 0.3) is 0 Å². The van der Waals surface area contributed by atoms with Crippen molar-refractivity contribution >= 4 is 5.78 Å². The molecule has 0 heterocycles. The second kappa shape index (κ2) is 5.65. The van der Waals surface area contributed by atoms with Crippen molar-refractivity contribution in [2.75, 3.05) is 6.61 Å². The number of fused-ring (bicyclic) bond motifs is 5. The van der Waals surface area contributed by atoms with Crippen LogP contribution in [0, 0.1) is 17.3 Å². The predicted molar refractivity (Wildman–Crippen MR) is 91.9 cm³/mol. The Morgan fingerprint density at radius 3 is 2.91 bits per heavy atom. The first-order chi connectivity index (χ1) is 11.1. The van der Waals surface area contributed by atoms with E-state index in [1.807, 2.05) is 0 Å². The fourth-order valence-electron chi connectivity index (χ4n) is 5.64. The summed E-state index contributed by atoms with van der Waals surface area (Å²) in [6.45, 7) is 5.19. The molecule has 4 unspecified atom stereocenters. The van der Waals surface area contributed by atoms with Crippen molar-refractivity contribution in [1.29, 1.82) is 0 Å². The zero-order valence-electron chi connectivity index (χ0n) is 14.4. The number of benzene rings is 1. The van der Waals surface area contributed by atoms with Gasteiger partial charge in [-0.15, -0.1) is 0 Å². The van der Waals surface area contributed by atoms with E-state index in [9.17, 15) is 4.79 Å². The Kier molecular flexibility index (Phi) is 3.74. The van der Waals surface area contributed by atoms with Crippen molar-refractivity contribution < 1.29 is 9.53 Å². The number of aryl methyl sites for hydroxylation is 1. The van der Waals surface area contributed by atoms with E-state index in [1.165, 1.54) is 18.4 Å². The van der Waals surface area contributed by atoms with Gasteiger partial charge in [-0.3, -0.25) is 4.79 Å². The molecule has 0 radical (unpaired) electrons. The molecule has 0 aliphatic heterocycles. The van der Waals surface area contributed by atoms with Crippen LogP contribution in [0.4, 0.5) is 0 Å².